The summed E-state index contributed by atoms with van der Waals surface area (Å²) in [5, 5.41) is 19.7. The monoisotopic (exact) mass is 437 g/mol. The van der Waals surface area contributed by atoms with Gasteiger partial charge >= 0.3 is 0 Å². The van der Waals surface area contributed by atoms with E-state index in [4.69, 9.17) is 4.74 Å². The molecule has 0 N–H and O–H groups in total. The van der Waals surface area contributed by atoms with Gasteiger partial charge in [0.25, 0.3) is 5.69 Å². The van der Waals surface area contributed by atoms with Gasteiger partial charge < -0.3 is 14.9 Å². The minimum atomic E-state index is -0.408. The second-order valence-electron chi connectivity index (χ2n) is 4.06. The molecule has 19 heavy (non-hydrogen) atoms. The van der Waals surface area contributed by atoms with Gasteiger partial charge in [-0.2, -0.15) is 0 Å². The van der Waals surface area contributed by atoms with Crippen LogP contribution in [0.25, 0.3) is 16.5 Å². The molecule has 0 atom stereocenters. The van der Waals surface area contributed by atoms with Crippen molar-refractivity contribution in [3.8, 4) is 0 Å². The van der Waals surface area contributed by atoms with Gasteiger partial charge in [-0.1, -0.05) is 12.1 Å². The Balaban J connectivity index is 0.00000133. The van der Waals surface area contributed by atoms with Gasteiger partial charge in [-0.05, 0) is 17.4 Å². The van der Waals surface area contributed by atoms with Crippen molar-refractivity contribution in [2.24, 2.45) is 0 Å². The zero-order valence-electron chi connectivity index (χ0n) is 9.83. The van der Waals surface area contributed by atoms with Gasteiger partial charge in [-0.15, -0.1) is 5.52 Å². The van der Waals surface area contributed by atoms with Crippen molar-refractivity contribution in [2.75, 3.05) is 13.2 Å². The average molecular weight is 436 g/mol. The van der Waals surface area contributed by atoms with Crippen molar-refractivity contribution in [3.63, 3.8) is 0 Å². The molecule has 1 aliphatic heterocycles. The molecule has 101 valence electrons. The molecule has 1 aliphatic rings. The van der Waals surface area contributed by atoms with E-state index in [0.717, 1.165) is 23.1 Å². The van der Waals surface area contributed by atoms with Gasteiger partial charge in [0.2, 0.25) is 0 Å². The van der Waals surface area contributed by atoms with Crippen molar-refractivity contribution < 1.29 is 29.8 Å². The van der Waals surface area contributed by atoms with Crippen LogP contribution < -0.4 is 5.10 Å². The summed E-state index contributed by atoms with van der Waals surface area (Å²) in [4.78, 5) is 10.4. The van der Waals surface area contributed by atoms with Crippen LogP contribution in [0.3, 0.4) is 0 Å². The van der Waals surface area contributed by atoms with Crippen molar-refractivity contribution >= 4 is 22.2 Å². The maximum Gasteiger partial charge on any atom is 0.270 e. The Kier molecular flexibility index (Phi) is 4.09. The Bertz CT molecular complexity index is 651. The number of rotatable bonds is 2. The molecular formula is C12H10IrN3O3-. The Morgan fingerprint density at radius 1 is 1.42 bits per heavy atom. The molecule has 0 spiro atoms. The summed E-state index contributed by atoms with van der Waals surface area (Å²) in [6, 6.07) is 4.60. The van der Waals surface area contributed by atoms with Gasteiger partial charge in [0.05, 0.1) is 23.8 Å². The molecule has 0 aliphatic carbocycles. The third-order valence-corrected chi connectivity index (χ3v) is 2.97. The average Bonchev–Trinajstić information content (AvgIpc) is 2.82. The molecule has 7 heteroatoms. The molecule has 0 saturated heterocycles. The van der Waals surface area contributed by atoms with E-state index in [0.29, 0.717) is 18.7 Å². The van der Waals surface area contributed by atoms with Crippen molar-refractivity contribution in [1.29, 1.82) is 0 Å². The van der Waals surface area contributed by atoms with Gasteiger partial charge in [-0.25, -0.2) is 0 Å². The van der Waals surface area contributed by atoms with Crippen molar-refractivity contribution in [2.45, 2.75) is 6.42 Å². The number of non-ortho nitro benzene ring substituents is 1. The van der Waals surface area contributed by atoms with Gasteiger partial charge in [-0.3, -0.25) is 10.1 Å². The predicted octanol–water partition coefficient (Wildman–Crippen LogP) is 1.90. The number of hydrogen-bond acceptors (Lipinski definition) is 4. The largest absolute Gasteiger partial charge is 0.574 e. The predicted molar refractivity (Wildman–Crippen MR) is 65.1 cm³/mol. The van der Waals surface area contributed by atoms with Gasteiger partial charge in [0.1, 0.15) is 0 Å². The Morgan fingerprint density at radius 2 is 2.26 bits per heavy atom. The molecule has 0 unspecified atom stereocenters. The molecule has 1 aromatic heterocycles. The molecule has 0 saturated carbocycles. The number of ether oxygens (including phenoxy) is 1. The standard InChI is InChI=1S/C12H10N3O3.Ir/c16-15(17)9-1-2-11-10(7-9)12(14-13-11)8-3-5-18-6-4-8;/h1-3,7H,4-6H2;/q-1;. The minimum Gasteiger partial charge on any atom is -0.574 e. The van der Waals surface area contributed by atoms with Crippen LogP contribution in [0, 0.1) is 10.1 Å². The third-order valence-electron chi connectivity index (χ3n) is 2.97. The number of nitro groups is 1. The van der Waals surface area contributed by atoms with E-state index in [1.807, 2.05) is 6.08 Å². The maximum atomic E-state index is 10.8. The van der Waals surface area contributed by atoms with Crippen LogP contribution in [0.5, 0.6) is 0 Å². The van der Waals surface area contributed by atoms with Crippen molar-refractivity contribution in [3.05, 3.63) is 40.1 Å². The topological polar surface area (TPSA) is 79.4 Å². The third kappa shape index (κ3) is 2.58. The second-order valence-corrected chi connectivity index (χ2v) is 4.06. The summed E-state index contributed by atoms with van der Waals surface area (Å²) in [5.41, 5.74) is 2.52. The number of nitrogens with zero attached hydrogens (tertiary/aromatic N) is 3. The summed E-state index contributed by atoms with van der Waals surface area (Å²) in [6.07, 6.45) is 2.71. The van der Waals surface area contributed by atoms with Gasteiger partial charge in [0, 0.05) is 32.2 Å². The normalized spacial score (nSPS) is 14.8. The number of fused-ring (bicyclic) bond motifs is 1. The van der Waals surface area contributed by atoms with E-state index in [1.165, 1.54) is 12.1 Å². The fraction of sp³-hybridized carbons (Fsp3) is 0.250. The molecule has 2 heterocycles. The summed E-state index contributed by atoms with van der Waals surface area (Å²) in [5.74, 6) is 0. The number of hydrogen-bond donors (Lipinski definition) is 0. The zero-order chi connectivity index (χ0) is 12.5. The first-order chi connectivity index (χ1) is 8.75. The molecule has 1 aromatic carbocycles. The fourth-order valence-electron chi connectivity index (χ4n) is 2.05. The summed E-state index contributed by atoms with van der Waals surface area (Å²) in [7, 11) is 0. The molecule has 3 rings (SSSR count). The first-order valence-corrected chi connectivity index (χ1v) is 5.60. The fourth-order valence-corrected chi connectivity index (χ4v) is 2.05. The van der Waals surface area contributed by atoms with E-state index >= 15 is 0 Å². The number of nitro benzene ring substituents is 1. The summed E-state index contributed by atoms with van der Waals surface area (Å²) >= 11 is 0. The van der Waals surface area contributed by atoms with Crippen LogP contribution in [0.2, 0.25) is 0 Å². The Morgan fingerprint density at radius 3 is 2.95 bits per heavy atom. The quantitative estimate of drug-likeness (QED) is 0.531. The van der Waals surface area contributed by atoms with E-state index < -0.39 is 4.92 Å². The van der Waals surface area contributed by atoms with Crippen LogP contribution in [-0.2, 0) is 24.8 Å². The smallest absolute Gasteiger partial charge is 0.270 e. The first kappa shape index (κ1) is 13.9. The zero-order valence-corrected chi connectivity index (χ0v) is 12.2. The second kappa shape index (κ2) is 5.61. The summed E-state index contributed by atoms with van der Waals surface area (Å²) < 4.78 is 5.24. The Labute approximate surface area is 122 Å². The Hall–Kier alpha value is -1.56. The van der Waals surface area contributed by atoms with Gasteiger partial charge in [0.15, 0.2) is 0 Å². The van der Waals surface area contributed by atoms with Crippen molar-refractivity contribution in [1.82, 2.24) is 10.2 Å². The number of aromatic nitrogens is 2. The molecule has 0 bridgehead atoms. The molecule has 6 nitrogen and oxygen atoms in total. The summed E-state index contributed by atoms with van der Waals surface area (Å²) in [6.45, 7) is 1.20. The molecule has 0 amide bonds. The van der Waals surface area contributed by atoms with Crippen LogP contribution in [-0.4, -0.2) is 23.2 Å². The van der Waals surface area contributed by atoms with E-state index in [2.05, 4.69) is 10.2 Å². The van der Waals surface area contributed by atoms with Crippen LogP contribution >= 0.6 is 0 Å². The van der Waals surface area contributed by atoms with Crippen LogP contribution in [0.1, 0.15) is 12.1 Å². The van der Waals surface area contributed by atoms with E-state index in [1.54, 1.807) is 6.07 Å². The van der Waals surface area contributed by atoms with E-state index in [9.17, 15) is 10.1 Å². The minimum absolute atomic E-state index is 0. The van der Waals surface area contributed by atoms with Crippen LogP contribution in [0.4, 0.5) is 5.69 Å². The SMILES string of the molecule is O=[N+]([O-])c1ccc2[n-]nc(C3=CCOCC3)c2c1.[Ir]. The first-order valence-electron chi connectivity index (χ1n) is 5.60. The number of benzene rings is 1. The molecule has 2 aromatic rings. The van der Waals surface area contributed by atoms with E-state index in [-0.39, 0.29) is 25.8 Å². The molecular weight excluding hydrogens is 426 g/mol. The maximum absolute atomic E-state index is 10.8. The molecule has 1 radical (unpaired) electrons. The molecule has 0 fully saturated rings. The van der Waals surface area contributed by atoms with Crippen LogP contribution in [0.15, 0.2) is 24.3 Å².